The summed E-state index contributed by atoms with van der Waals surface area (Å²) in [4.78, 5) is 15.4. The van der Waals surface area contributed by atoms with Gasteiger partial charge in [-0.2, -0.15) is 5.10 Å². The third-order valence-corrected chi connectivity index (χ3v) is 5.95. The molecule has 0 aliphatic carbocycles. The Balaban J connectivity index is 1.84. The van der Waals surface area contributed by atoms with E-state index in [0.717, 1.165) is 36.5 Å². The van der Waals surface area contributed by atoms with Crippen LogP contribution in [0, 0.1) is 0 Å². The van der Waals surface area contributed by atoms with Crippen LogP contribution in [-0.4, -0.2) is 33.2 Å². The fourth-order valence-electron chi connectivity index (χ4n) is 3.86. The van der Waals surface area contributed by atoms with E-state index in [1.54, 1.807) is 12.3 Å². The van der Waals surface area contributed by atoms with Crippen LogP contribution in [-0.2, 0) is 4.79 Å². The number of nitrogens with zero attached hydrogens (tertiary/aromatic N) is 3. The number of hydrogen-bond donors (Lipinski definition) is 1. The van der Waals surface area contributed by atoms with Crippen molar-refractivity contribution in [1.82, 2.24) is 14.7 Å². The Kier molecular flexibility index (Phi) is 4.45. The SMILES string of the molecule is CC1=C(C(=O)N2CCC[C@H]2C)C(c2ccc(Cl)c(Cl)c2)n2nccc2N1. The van der Waals surface area contributed by atoms with Gasteiger partial charge in [0, 0.05) is 24.4 Å². The number of aromatic nitrogens is 2. The molecule has 0 bridgehead atoms. The average molecular weight is 391 g/mol. The van der Waals surface area contributed by atoms with Gasteiger partial charge in [0.15, 0.2) is 0 Å². The summed E-state index contributed by atoms with van der Waals surface area (Å²) in [5.41, 5.74) is 2.44. The molecule has 0 spiro atoms. The van der Waals surface area contributed by atoms with Crippen molar-refractivity contribution >= 4 is 34.9 Å². The van der Waals surface area contributed by atoms with Gasteiger partial charge < -0.3 is 10.2 Å². The molecule has 1 aromatic heterocycles. The standard InChI is InChI=1S/C19H20Cl2N4O/c1-11-4-3-9-24(11)19(26)17-12(2)23-16-7-8-22-25(16)18(17)13-5-6-14(20)15(21)10-13/h5-8,10-11,18,23H,3-4,9H2,1-2H3/t11-,18?/m1/s1. The molecule has 7 heteroatoms. The lowest BCUT2D eigenvalue weighted by Gasteiger charge is -2.33. The van der Waals surface area contributed by atoms with E-state index in [1.165, 1.54) is 0 Å². The van der Waals surface area contributed by atoms with Crippen molar-refractivity contribution in [3.05, 3.63) is 57.3 Å². The maximum atomic E-state index is 13.4. The van der Waals surface area contributed by atoms with Crippen LogP contribution in [0.4, 0.5) is 5.82 Å². The zero-order chi connectivity index (χ0) is 18.4. The number of allylic oxidation sites excluding steroid dienone is 1. The molecular formula is C19H20Cl2N4O. The summed E-state index contributed by atoms with van der Waals surface area (Å²) < 4.78 is 1.83. The van der Waals surface area contributed by atoms with Crippen LogP contribution in [0.5, 0.6) is 0 Å². The molecule has 136 valence electrons. The molecule has 1 aromatic carbocycles. The highest BCUT2D eigenvalue weighted by atomic mass is 35.5. The third kappa shape index (κ3) is 2.79. The van der Waals surface area contributed by atoms with E-state index >= 15 is 0 Å². The quantitative estimate of drug-likeness (QED) is 0.821. The Morgan fingerprint density at radius 2 is 2.08 bits per heavy atom. The summed E-state index contributed by atoms with van der Waals surface area (Å²) >= 11 is 12.4. The van der Waals surface area contributed by atoms with Crippen molar-refractivity contribution in [3.63, 3.8) is 0 Å². The number of halogens is 2. The first kappa shape index (κ1) is 17.4. The van der Waals surface area contributed by atoms with Crippen LogP contribution in [0.1, 0.15) is 38.3 Å². The predicted octanol–water partition coefficient (Wildman–Crippen LogP) is 4.49. The highest BCUT2D eigenvalue weighted by Crippen LogP contribution is 2.39. The van der Waals surface area contributed by atoms with Crippen molar-refractivity contribution in [2.45, 2.75) is 38.8 Å². The second-order valence-electron chi connectivity index (χ2n) is 6.89. The lowest BCUT2D eigenvalue weighted by Crippen LogP contribution is -2.39. The average Bonchev–Trinajstić information content (AvgIpc) is 3.24. The smallest absolute Gasteiger partial charge is 0.254 e. The number of rotatable bonds is 2. The molecule has 1 amide bonds. The number of carbonyl (C=O) groups is 1. The van der Waals surface area contributed by atoms with E-state index < -0.39 is 0 Å². The van der Waals surface area contributed by atoms with E-state index in [2.05, 4.69) is 17.3 Å². The van der Waals surface area contributed by atoms with Gasteiger partial charge in [-0.15, -0.1) is 0 Å². The molecule has 2 aliphatic rings. The lowest BCUT2D eigenvalue weighted by atomic mass is 9.94. The van der Waals surface area contributed by atoms with Gasteiger partial charge in [0.25, 0.3) is 5.91 Å². The summed E-state index contributed by atoms with van der Waals surface area (Å²) in [6, 6.07) is 7.30. The third-order valence-electron chi connectivity index (χ3n) is 5.21. The van der Waals surface area contributed by atoms with Gasteiger partial charge in [-0.3, -0.25) is 4.79 Å². The van der Waals surface area contributed by atoms with Gasteiger partial charge in [-0.05, 0) is 44.4 Å². The molecule has 26 heavy (non-hydrogen) atoms. The van der Waals surface area contributed by atoms with Gasteiger partial charge in [-0.1, -0.05) is 29.3 Å². The molecule has 2 atom stereocenters. The fourth-order valence-corrected chi connectivity index (χ4v) is 4.17. The van der Waals surface area contributed by atoms with E-state index in [0.29, 0.717) is 15.6 Å². The van der Waals surface area contributed by atoms with Crippen LogP contribution < -0.4 is 5.32 Å². The largest absolute Gasteiger partial charge is 0.344 e. The molecule has 0 saturated carbocycles. The molecule has 2 aliphatic heterocycles. The first-order valence-corrected chi connectivity index (χ1v) is 9.50. The van der Waals surface area contributed by atoms with E-state index in [9.17, 15) is 4.79 Å². The fraction of sp³-hybridized carbons (Fsp3) is 0.368. The molecule has 3 heterocycles. The maximum absolute atomic E-state index is 13.4. The Morgan fingerprint density at radius 3 is 2.77 bits per heavy atom. The molecule has 2 aromatic rings. The molecule has 1 saturated heterocycles. The maximum Gasteiger partial charge on any atom is 0.254 e. The number of nitrogens with one attached hydrogen (secondary N) is 1. The van der Waals surface area contributed by atoms with Crippen molar-refractivity contribution in [1.29, 1.82) is 0 Å². The summed E-state index contributed by atoms with van der Waals surface area (Å²) in [5, 5.41) is 8.72. The Bertz CT molecular complexity index is 905. The molecular weight excluding hydrogens is 371 g/mol. The number of likely N-dealkylation sites (tertiary alicyclic amines) is 1. The lowest BCUT2D eigenvalue weighted by molar-refractivity contribution is -0.128. The summed E-state index contributed by atoms with van der Waals surface area (Å²) in [6.45, 7) is 4.83. The Hall–Kier alpha value is -1.98. The number of amides is 1. The molecule has 1 fully saturated rings. The van der Waals surface area contributed by atoms with Gasteiger partial charge in [-0.25, -0.2) is 4.68 Å². The van der Waals surface area contributed by atoms with Crippen molar-refractivity contribution < 1.29 is 4.79 Å². The first-order chi connectivity index (χ1) is 12.5. The van der Waals surface area contributed by atoms with E-state index in [4.69, 9.17) is 23.2 Å². The minimum atomic E-state index is -0.337. The van der Waals surface area contributed by atoms with Crippen molar-refractivity contribution in [2.75, 3.05) is 11.9 Å². The van der Waals surface area contributed by atoms with E-state index in [1.807, 2.05) is 34.7 Å². The number of fused-ring (bicyclic) bond motifs is 1. The van der Waals surface area contributed by atoms with Crippen molar-refractivity contribution in [2.24, 2.45) is 0 Å². The second kappa shape index (κ2) is 6.63. The monoisotopic (exact) mass is 390 g/mol. The predicted molar refractivity (Wildman–Crippen MR) is 104 cm³/mol. The summed E-state index contributed by atoms with van der Waals surface area (Å²) in [7, 11) is 0. The minimum Gasteiger partial charge on any atom is -0.344 e. The van der Waals surface area contributed by atoms with Crippen LogP contribution in [0.15, 0.2) is 41.7 Å². The number of carbonyl (C=O) groups excluding carboxylic acids is 1. The van der Waals surface area contributed by atoms with E-state index in [-0.39, 0.29) is 18.0 Å². The molecule has 1 unspecified atom stereocenters. The van der Waals surface area contributed by atoms with Crippen LogP contribution in [0.2, 0.25) is 10.0 Å². The molecule has 4 rings (SSSR count). The van der Waals surface area contributed by atoms with Crippen LogP contribution in [0.25, 0.3) is 0 Å². The van der Waals surface area contributed by atoms with Crippen molar-refractivity contribution in [3.8, 4) is 0 Å². The summed E-state index contributed by atoms with van der Waals surface area (Å²) in [6.07, 6.45) is 3.80. The van der Waals surface area contributed by atoms with Gasteiger partial charge >= 0.3 is 0 Å². The highest BCUT2D eigenvalue weighted by molar-refractivity contribution is 6.42. The Morgan fingerprint density at radius 1 is 1.27 bits per heavy atom. The zero-order valence-corrected chi connectivity index (χ0v) is 16.2. The minimum absolute atomic E-state index is 0.0530. The Labute approximate surface area is 162 Å². The molecule has 0 radical (unpaired) electrons. The highest BCUT2D eigenvalue weighted by Gasteiger charge is 2.37. The molecule has 1 N–H and O–H groups in total. The van der Waals surface area contributed by atoms with Crippen LogP contribution >= 0.6 is 23.2 Å². The first-order valence-electron chi connectivity index (χ1n) is 8.74. The van der Waals surface area contributed by atoms with Gasteiger partial charge in [0.1, 0.15) is 11.9 Å². The number of hydrogen-bond acceptors (Lipinski definition) is 3. The second-order valence-corrected chi connectivity index (χ2v) is 7.70. The summed E-state index contributed by atoms with van der Waals surface area (Å²) in [5.74, 6) is 0.904. The van der Waals surface area contributed by atoms with Gasteiger partial charge in [0.05, 0.1) is 21.8 Å². The van der Waals surface area contributed by atoms with Crippen LogP contribution in [0.3, 0.4) is 0 Å². The normalized spacial score (nSPS) is 22.4. The number of anilines is 1. The number of benzene rings is 1. The molecule has 5 nitrogen and oxygen atoms in total. The van der Waals surface area contributed by atoms with Gasteiger partial charge in [0.2, 0.25) is 0 Å². The zero-order valence-electron chi connectivity index (χ0n) is 14.7. The topological polar surface area (TPSA) is 50.2 Å².